The number of carbonyl (C=O) groups is 4. The predicted octanol–water partition coefficient (Wildman–Crippen LogP) is -0.507. The van der Waals surface area contributed by atoms with Crippen LogP contribution in [0, 0.1) is 11.8 Å². The third-order valence-corrected chi connectivity index (χ3v) is 11.0. The van der Waals surface area contributed by atoms with Gasteiger partial charge in [0, 0.05) is 73.0 Å². The Morgan fingerprint density at radius 3 is 1.21 bits per heavy atom. The Bertz CT molecular complexity index is 2460. The topological polar surface area (TPSA) is 236 Å². The fourth-order valence-electron chi connectivity index (χ4n) is 7.61. The summed E-state index contributed by atoms with van der Waals surface area (Å²) in [7, 11) is 3.10. The number of benzene rings is 4. The molecule has 6 aromatic rings. The first-order chi connectivity index (χ1) is 31.7. The van der Waals surface area contributed by atoms with Crippen LogP contribution >= 0.6 is 0 Å². The van der Waals surface area contributed by atoms with Gasteiger partial charge < -0.3 is 59.5 Å². The molecular formula is C50H56N6Na2O10. The summed E-state index contributed by atoms with van der Waals surface area (Å²) in [6.07, 6.45) is 3.98. The second-order valence-electron chi connectivity index (χ2n) is 16.6. The quantitative estimate of drug-likeness (QED) is 0.0331. The van der Waals surface area contributed by atoms with Gasteiger partial charge in [0.25, 0.3) is 11.8 Å². The number of fused-ring (bicyclic) bond motifs is 2. The van der Waals surface area contributed by atoms with E-state index in [0.29, 0.717) is 22.6 Å². The standard InChI is InChI=1S/2C25H29N3O5.2Na/c2*1-16(2)12-22(27-32)24(29)28(15-17-8-10-19(33-3)11-9-17)23(25(30)31)13-18-14-26-21-7-5-4-6-20(18)21;;/h2*4-11,14,16,23,26,32H,12-13,15H2,1-3H3,(H,30,31);;/q;;2*+1/p-2/t2*23-;;/m00../s1. The molecule has 0 aliphatic rings. The Kier molecular flexibility index (Phi) is 22.8. The number of hydrogen-bond donors (Lipinski definition) is 4. The van der Waals surface area contributed by atoms with Crippen molar-refractivity contribution in [2.45, 2.75) is 78.6 Å². The molecule has 16 nitrogen and oxygen atoms in total. The number of carboxylic acids is 2. The Labute approximate surface area is 440 Å². The maximum Gasteiger partial charge on any atom is 1.00 e. The normalized spacial score (nSPS) is 12.3. The minimum absolute atomic E-state index is 0. The number of nitrogens with one attached hydrogen (secondary N) is 2. The molecular weight excluding hydrogens is 891 g/mol. The zero-order chi connectivity index (χ0) is 47.9. The van der Waals surface area contributed by atoms with Crippen LogP contribution in [0.4, 0.5) is 0 Å². The van der Waals surface area contributed by atoms with E-state index in [-0.39, 0.29) is 121 Å². The van der Waals surface area contributed by atoms with E-state index in [2.05, 4.69) is 20.3 Å². The summed E-state index contributed by atoms with van der Waals surface area (Å²) in [5.41, 5.74) is 4.46. The van der Waals surface area contributed by atoms with E-state index in [0.717, 1.165) is 32.9 Å². The zero-order valence-electron chi connectivity index (χ0n) is 39.9. The van der Waals surface area contributed by atoms with Gasteiger partial charge in [-0.1, -0.05) is 98.7 Å². The van der Waals surface area contributed by atoms with Crippen molar-refractivity contribution in [2.75, 3.05) is 14.2 Å². The van der Waals surface area contributed by atoms with Crippen molar-refractivity contribution < 1.29 is 108 Å². The molecule has 68 heavy (non-hydrogen) atoms. The summed E-state index contributed by atoms with van der Waals surface area (Å²) in [6, 6.07) is 26.5. The molecule has 0 saturated carbocycles. The SMILES string of the molecule is COc1ccc(CN(C(=O)C(CC(C)C)=NO)[C@@H](Cc2c[nH]c3ccccc23)C(=O)[O-])cc1.COc1ccc(CN(C(=O)C(CC(C)C)=NO)[C@@H](Cc2c[nH]c3ccccc23)C(=O)[O-])cc1.[Na+].[Na+]. The number of methoxy groups -OCH3 is 2. The molecule has 2 amide bonds. The second kappa shape index (κ2) is 27.4. The Morgan fingerprint density at radius 1 is 0.574 bits per heavy atom. The summed E-state index contributed by atoms with van der Waals surface area (Å²) in [5, 5.41) is 51.7. The summed E-state index contributed by atoms with van der Waals surface area (Å²) in [6.45, 7) is 7.54. The Hall–Kier alpha value is -5.62. The average molecular weight is 947 g/mol. The molecule has 348 valence electrons. The van der Waals surface area contributed by atoms with Gasteiger partial charge >= 0.3 is 59.1 Å². The fourth-order valence-corrected chi connectivity index (χ4v) is 7.61. The molecule has 0 spiro atoms. The second-order valence-corrected chi connectivity index (χ2v) is 16.6. The van der Waals surface area contributed by atoms with Gasteiger partial charge in [-0.3, -0.25) is 9.59 Å². The van der Waals surface area contributed by atoms with Gasteiger partial charge in [-0.15, -0.1) is 0 Å². The van der Waals surface area contributed by atoms with Crippen LogP contribution in [0.2, 0.25) is 0 Å². The van der Waals surface area contributed by atoms with Crippen molar-refractivity contribution in [1.29, 1.82) is 0 Å². The molecule has 4 N–H and O–H groups in total. The molecule has 2 aromatic heterocycles. The van der Waals surface area contributed by atoms with Crippen molar-refractivity contribution >= 4 is 57.0 Å². The first kappa shape index (κ1) is 56.7. The van der Waals surface area contributed by atoms with Crippen molar-refractivity contribution in [1.82, 2.24) is 19.8 Å². The molecule has 0 bridgehead atoms. The van der Waals surface area contributed by atoms with E-state index in [1.54, 1.807) is 75.1 Å². The number of aromatic amines is 2. The van der Waals surface area contributed by atoms with Crippen molar-refractivity contribution in [3.05, 3.63) is 132 Å². The van der Waals surface area contributed by atoms with Gasteiger partial charge in [-0.05, 0) is 70.5 Å². The van der Waals surface area contributed by atoms with Gasteiger partial charge in [-0.2, -0.15) is 0 Å². The molecule has 2 atom stereocenters. The number of carboxylic acid groups (broad SMARTS) is 2. The summed E-state index contributed by atoms with van der Waals surface area (Å²) in [4.78, 5) is 60.0. The van der Waals surface area contributed by atoms with Crippen molar-refractivity contribution in [2.24, 2.45) is 22.1 Å². The van der Waals surface area contributed by atoms with Crippen LogP contribution in [-0.4, -0.2) is 91.7 Å². The van der Waals surface area contributed by atoms with Crippen LogP contribution < -0.4 is 78.8 Å². The largest absolute Gasteiger partial charge is 1.00 e. The maximum atomic E-state index is 13.4. The number of nitrogens with zero attached hydrogens (tertiary/aromatic N) is 4. The van der Waals surface area contributed by atoms with Crippen LogP contribution in [-0.2, 0) is 45.1 Å². The van der Waals surface area contributed by atoms with Gasteiger partial charge in [0.15, 0.2) is 0 Å². The Balaban J connectivity index is 0.000000350. The van der Waals surface area contributed by atoms with Crippen molar-refractivity contribution in [3.8, 4) is 11.5 Å². The fraction of sp³-hybridized carbons (Fsp3) is 0.320. The number of rotatable bonds is 20. The number of oxime groups is 2. The molecule has 0 saturated heterocycles. The van der Waals surface area contributed by atoms with Gasteiger partial charge in [-0.25, -0.2) is 0 Å². The summed E-state index contributed by atoms with van der Waals surface area (Å²) >= 11 is 0. The first-order valence-corrected chi connectivity index (χ1v) is 21.5. The van der Waals surface area contributed by atoms with E-state index in [1.165, 1.54) is 9.80 Å². The Morgan fingerprint density at radius 2 is 0.912 bits per heavy atom. The van der Waals surface area contributed by atoms with Crippen LogP contribution in [0.3, 0.4) is 0 Å². The molecule has 2 heterocycles. The number of ether oxygens (including phenoxy) is 2. The zero-order valence-corrected chi connectivity index (χ0v) is 43.9. The molecule has 0 aliphatic heterocycles. The third-order valence-electron chi connectivity index (χ3n) is 11.0. The number of aromatic nitrogens is 2. The molecule has 6 rings (SSSR count). The number of para-hydroxylation sites is 2. The van der Waals surface area contributed by atoms with Gasteiger partial charge in [0.05, 0.1) is 38.2 Å². The monoisotopic (exact) mass is 946 g/mol. The number of amides is 2. The van der Waals surface area contributed by atoms with E-state index in [4.69, 9.17) is 9.47 Å². The molecule has 0 aliphatic carbocycles. The summed E-state index contributed by atoms with van der Waals surface area (Å²) < 4.78 is 10.4. The minimum atomic E-state index is -1.39. The number of hydrogen-bond acceptors (Lipinski definition) is 12. The number of H-pyrrole nitrogens is 2. The molecule has 0 fully saturated rings. The van der Waals surface area contributed by atoms with Crippen molar-refractivity contribution in [3.63, 3.8) is 0 Å². The number of carbonyl (C=O) groups excluding carboxylic acids is 4. The van der Waals surface area contributed by atoms with E-state index in [9.17, 15) is 39.8 Å². The molecule has 18 heteroatoms. The van der Waals surface area contributed by atoms with E-state index in [1.807, 2.05) is 76.2 Å². The van der Waals surface area contributed by atoms with Crippen LogP contribution in [0.15, 0.2) is 120 Å². The van der Waals surface area contributed by atoms with Crippen LogP contribution in [0.25, 0.3) is 21.8 Å². The first-order valence-electron chi connectivity index (χ1n) is 21.5. The average Bonchev–Trinajstić information content (AvgIpc) is 3.93. The van der Waals surface area contributed by atoms with E-state index >= 15 is 0 Å². The smallest absolute Gasteiger partial charge is 0.548 e. The summed E-state index contributed by atoms with van der Waals surface area (Å²) in [5.74, 6) is -2.69. The van der Waals surface area contributed by atoms with Crippen LogP contribution in [0.5, 0.6) is 11.5 Å². The molecule has 0 radical (unpaired) electrons. The predicted molar refractivity (Wildman–Crippen MR) is 246 cm³/mol. The van der Waals surface area contributed by atoms with E-state index < -0.39 is 35.8 Å². The molecule has 0 unspecified atom stereocenters. The molecule has 4 aromatic carbocycles. The number of aliphatic carboxylic acids is 2. The maximum absolute atomic E-state index is 13.4. The minimum Gasteiger partial charge on any atom is -0.548 e. The van der Waals surface area contributed by atoms with Gasteiger partial charge in [0.1, 0.15) is 22.9 Å². The third kappa shape index (κ3) is 15.2. The van der Waals surface area contributed by atoms with Crippen LogP contribution in [0.1, 0.15) is 62.8 Å². The van der Waals surface area contributed by atoms with Gasteiger partial charge in [0.2, 0.25) is 0 Å².